The van der Waals surface area contributed by atoms with Crippen molar-refractivity contribution in [2.75, 3.05) is 6.61 Å². The summed E-state index contributed by atoms with van der Waals surface area (Å²) in [7, 11) is 0. The quantitative estimate of drug-likeness (QED) is 0.803. The lowest BCUT2D eigenvalue weighted by Crippen LogP contribution is -2.13. The highest BCUT2D eigenvalue weighted by atomic mass is 79.9. The molecule has 2 rings (SSSR count). The summed E-state index contributed by atoms with van der Waals surface area (Å²) in [6, 6.07) is 16.5. The van der Waals surface area contributed by atoms with Gasteiger partial charge in [0, 0.05) is 17.6 Å². The molecule has 0 aliphatic heterocycles. The van der Waals surface area contributed by atoms with E-state index < -0.39 is 0 Å². The Morgan fingerprint density at radius 3 is 2.70 bits per heavy atom. The highest BCUT2D eigenvalue weighted by molar-refractivity contribution is 9.10. The lowest BCUT2D eigenvalue weighted by atomic mass is 10.2. The molecule has 0 heterocycles. The molecule has 0 saturated carbocycles. The van der Waals surface area contributed by atoms with Gasteiger partial charge < -0.3 is 10.1 Å². The maximum Gasteiger partial charge on any atom is 0.119 e. The molecule has 0 aromatic heterocycles. The molecule has 0 atom stereocenters. The molecule has 0 spiro atoms. The van der Waals surface area contributed by atoms with Gasteiger partial charge in [-0.1, -0.05) is 53.2 Å². The van der Waals surface area contributed by atoms with E-state index in [0.29, 0.717) is 0 Å². The average molecular weight is 334 g/mol. The summed E-state index contributed by atoms with van der Waals surface area (Å²) >= 11 is 3.56. The maximum absolute atomic E-state index is 5.64. The Bertz CT molecular complexity index is 542. The van der Waals surface area contributed by atoms with E-state index in [9.17, 15) is 0 Å². The van der Waals surface area contributed by atoms with Crippen LogP contribution < -0.4 is 10.1 Å². The minimum atomic E-state index is 0.772. The van der Waals surface area contributed by atoms with Crippen molar-refractivity contribution in [2.45, 2.75) is 26.4 Å². The molecule has 3 heteroatoms. The van der Waals surface area contributed by atoms with Crippen molar-refractivity contribution in [3.8, 4) is 5.75 Å². The molecule has 2 nitrogen and oxygen atoms in total. The van der Waals surface area contributed by atoms with Crippen LogP contribution >= 0.6 is 15.9 Å². The van der Waals surface area contributed by atoms with Crippen LogP contribution in [-0.2, 0) is 13.1 Å². The first-order valence-electron chi connectivity index (χ1n) is 6.95. The van der Waals surface area contributed by atoms with Crippen molar-refractivity contribution < 1.29 is 4.74 Å². The Morgan fingerprint density at radius 2 is 1.90 bits per heavy atom. The number of nitrogens with one attached hydrogen (secondary N) is 1. The predicted molar refractivity (Wildman–Crippen MR) is 86.9 cm³/mol. The molecule has 2 aromatic rings. The number of benzene rings is 2. The molecule has 0 saturated heterocycles. The van der Waals surface area contributed by atoms with E-state index in [0.717, 1.165) is 36.3 Å². The van der Waals surface area contributed by atoms with Gasteiger partial charge in [0.25, 0.3) is 0 Å². The van der Waals surface area contributed by atoms with E-state index in [4.69, 9.17) is 4.74 Å². The lowest BCUT2D eigenvalue weighted by Gasteiger charge is -2.09. The highest BCUT2D eigenvalue weighted by Crippen LogP contribution is 2.16. The van der Waals surface area contributed by atoms with E-state index in [2.05, 4.69) is 58.5 Å². The average Bonchev–Trinajstić information content (AvgIpc) is 2.48. The van der Waals surface area contributed by atoms with E-state index >= 15 is 0 Å². The third-order valence-corrected chi connectivity index (χ3v) is 3.75. The smallest absolute Gasteiger partial charge is 0.119 e. The number of hydrogen-bond acceptors (Lipinski definition) is 2. The SMILES string of the molecule is CCCOc1cccc(CNCc2ccccc2Br)c1. The fourth-order valence-corrected chi connectivity index (χ4v) is 2.37. The Balaban J connectivity index is 1.86. The molecule has 0 fully saturated rings. The standard InChI is InChI=1S/C17H20BrNO/c1-2-10-20-16-8-5-6-14(11-16)12-19-13-15-7-3-4-9-17(15)18/h3-9,11,19H,2,10,12-13H2,1H3. The van der Waals surface area contributed by atoms with Crippen LogP contribution in [0.25, 0.3) is 0 Å². The van der Waals surface area contributed by atoms with Gasteiger partial charge in [-0.3, -0.25) is 0 Å². The topological polar surface area (TPSA) is 21.3 Å². The fraction of sp³-hybridized carbons (Fsp3) is 0.294. The van der Waals surface area contributed by atoms with Gasteiger partial charge in [0.05, 0.1) is 6.61 Å². The van der Waals surface area contributed by atoms with E-state index in [-0.39, 0.29) is 0 Å². The van der Waals surface area contributed by atoms with Gasteiger partial charge in [0.1, 0.15) is 5.75 Å². The monoisotopic (exact) mass is 333 g/mol. The number of rotatable bonds is 7. The first-order chi connectivity index (χ1) is 9.79. The molecule has 0 bridgehead atoms. The molecule has 0 aliphatic rings. The zero-order chi connectivity index (χ0) is 14.2. The van der Waals surface area contributed by atoms with Gasteiger partial charge in [-0.25, -0.2) is 0 Å². The molecule has 1 N–H and O–H groups in total. The summed E-state index contributed by atoms with van der Waals surface area (Å²) in [6.07, 6.45) is 1.03. The lowest BCUT2D eigenvalue weighted by molar-refractivity contribution is 0.317. The van der Waals surface area contributed by atoms with Gasteiger partial charge in [0.2, 0.25) is 0 Å². The summed E-state index contributed by atoms with van der Waals surface area (Å²) < 4.78 is 6.79. The molecule has 20 heavy (non-hydrogen) atoms. The van der Waals surface area contributed by atoms with Crippen molar-refractivity contribution in [3.05, 3.63) is 64.1 Å². The molecule has 0 radical (unpaired) electrons. The van der Waals surface area contributed by atoms with Crippen molar-refractivity contribution in [2.24, 2.45) is 0 Å². The van der Waals surface area contributed by atoms with Crippen molar-refractivity contribution >= 4 is 15.9 Å². The Labute approximate surface area is 129 Å². The molecular formula is C17H20BrNO. The Morgan fingerprint density at radius 1 is 1.05 bits per heavy atom. The Hall–Kier alpha value is -1.32. The zero-order valence-corrected chi connectivity index (χ0v) is 13.3. The van der Waals surface area contributed by atoms with Gasteiger partial charge >= 0.3 is 0 Å². The summed E-state index contributed by atoms with van der Waals surface area (Å²) in [6.45, 7) is 4.57. The minimum Gasteiger partial charge on any atom is -0.494 e. The van der Waals surface area contributed by atoms with Crippen LogP contribution in [0, 0.1) is 0 Å². The van der Waals surface area contributed by atoms with E-state index in [1.807, 2.05) is 18.2 Å². The zero-order valence-electron chi connectivity index (χ0n) is 11.7. The van der Waals surface area contributed by atoms with Crippen molar-refractivity contribution in [3.63, 3.8) is 0 Å². The van der Waals surface area contributed by atoms with Crippen molar-refractivity contribution in [1.82, 2.24) is 5.32 Å². The van der Waals surface area contributed by atoms with Gasteiger partial charge in [-0.05, 0) is 35.7 Å². The fourth-order valence-electron chi connectivity index (χ4n) is 1.95. The summed E-state index contributed by atoms with van der Waals surface area (Å²) in [5.74, 6) is 0.951. The second-order valence-corrected chi connectivity index (χ2v) is 5.55. The van der Waals surface area contributed by atoms with Crippen LogP contribution in [-0.4, -0.2) is 6.61 Å². The number of hydrogen-bond donors (Lipinski definition) is 1. The van der Waals surface area contributed by atoms with Gasteiger partial charge in [-0.2, -0.15) is 0 Å². The highest BCUT2D eigenvalue weighted by Gasteiger charge is 1.99. The molecule has 106 valence electrons. The van der Waals surface area contributed by atoms with Crippen LogP contribution in [0.4, 0.5) is 0 Å². The first-order valence-corrected chi connectivity index (χ1v) is 7.74. The number of ether oxygens (including phenoxy) is 1. The van der Waals surface area contributed by atoms with Crippen LogP contribution in [0.5, 0.6) is 5.75 Å². The third kappa shape index (κ3) is 4.66. The predicted octanol–water partition coefficient (Wildman–Crippen LogP) is 4.53. The van der Waals surface area contributed by atoms with Gasteiger partial charge in [0.15, 0.2) is 0 Å². The van der Waals surface area contributed by atoms with Crippen LogP contribution in [0.15, 0.2) is 53.0 Å². The van der Waals surface area contributed by atoms with Crippen molar-refractivity contribution in [1.29, 1.82) is 0 Å². The molecule has 0 amide bonds. The van der Waals surface area contributed by atoms with Crippen LogP contribution in [0.1, 0.15) is 24.5 Å². The second-order valence-electron chi connectivity index (χ2n) is 4.69. The molecular weight excluding hydrogens is 314 g/mol. The summed E-state index contributed by atoms with van der Waals surface area (Å²) in [4.78, 5) is 0. The third-order valence-electron chi connectivity index (χ3n) is 2.97. The number of halogens is 1. The summed E-state index contributed by atoms with van der Waals surface area (Å²) in [5.41, 5.74) is 2.51. The van der Waals surface area contributed by atoms with Crippen LogP contribution in [0.3, 0.4) is 0 Å². The molecule has 2 aromatic carbocycles. The van der Waals surface area contributed by atoms with E-state index in [1.165, 1.54) is 11.1 Å². The minimum absolute atomic E-state index is 0.772. The molecule has 0 unspecified atom stereocenters. The first kappa shape index (κ1) is 15.1. The van der Waals surface area contributed by atoms with Crippen LogP contribution in [0.2, 0.25) is 0 Å². The van der Waals surface area contributed by atoms with Gasteiger partial charge in [-0.15, -0.1) is 0 Å². The molecule has 0 aliphatic carbocycles. The normalized spacial score (nSPS) is 10.5. The maximum atomic E-state index is 5.64. The second kappa shape index (κ2) is 8.08. The van der Waals surface area contributed by atoms with E-state index in [1.54, 1.807) is 0 Å². The largest absolute Gasteiger partial charge is 0.494 e. The summed E-state index contributed by atoms with van der Waals surface area (Å²) in [5, 5.41) is 3.46. The Kier molecular flexibility index (Phi) is 6.09.